The SMILES string of the molecule is C=C(CC(=O)OCCCCCCCC)C(=O)OCCCCCCCC. The van der Waals surface area contributed by atoms with E-state index in [1.165, 1.54) is 51.4 Å². The minimum Gasteiger partial charge on any atom is -0.465 e. The van der Waals surface area contributed by atoms with Crippen LogP contribution >= 0.6 is 0 Å². The number of carbonyl (C=O) groups is 2. The van der Waals surface area contributed by atoms with Crippen LogP contribution in [0.2, 0.25) is 0 Å². The first-order valence-electron chi connectivity index (χ1n) is 10.1. The van der Waals surface area contributed by atoms with Gasteiger partial charge in [-0.1, -0.05) is 84.6 Å². The topological polar surface area (TPSA) is 52.6 Å². The summed E-state index contributed by atoms with van der Waals surface area (Å²) in [6.45, 7) is 8.83. The van der Waals surface area contributed by atoms with Crippen molar-refractivity contribution in [1.29, 1.82) is 0 Å². The van der Waals surface area contributed by atoms with E-state index in [0.29, 0.717) is 13.2 Å². The zero-order valence-corrected chi connectivity index (χ0v) is 16.4. The molecule has 0 radical (unpaired) electrons. The molecule has 0 saturated carbocycles. The second kappa shape index (κ2) is 17.5. The Morgan fingerprint density at radius 1 is 0.680 bits per heavy atom. The second-order valence-corrected chi connectivity index (χ2v) is 6.67. The molecule has 0 aliphatic heterocycles. The van der Waals surface area contributed by atoms with Crippen LogP contribution in [0.15, 0.2) is 12.2 Å². The van der Waals surface area contributed by atoms with Gasteiger partial charge in [-0.3, -0.25) is 4.79 Å². The molecule has 0 atom stereocenters. The van der Waals surface area contributed by atoms with Gasteiger partial charge in [0, 0.05) is 5.57 Å². The molecule has 0 bridgehead atoms. The highest BCUT2D eigenvalue weighted by Crippen LogP contribution is 2.08. The number of carbonyl (C=O) groups excluding carboxylic acids is 2. The molecule has 0 spiro atoms. The van der Waals surface area contributed by atoms with Crippen molar-refractivity contribution < 1.29 is 19.1 Å². The summed E-state index contributed by atoms with van der Waals surface area (Å²) in [5.41, 5.74) is 0.180. The van der Waals surface area contributed by atoms with E-state index in [4.69, 9.17) is 9.47 Å². The Labute approximate surface area is 154 Å². The van der Waals surface area contributed by atoms with Crippen molar-refractivity contribution in [3.05, 3.63) is 12.2 Å². The third-order valence-electron chi connectivity index (χ3n) is 4.14. The molecule has 0 saturated heterocycles. The molecular weight excluding hydrogens is 316 g/mol. The van der Waals surface area contributed by atoms with Gasteiger partial charge in [0.05, 0.1) is 19.6 Å². The van der Waals surface area contributed by atoms with Crippen LogP contribution in [0.3, 0.4) is 0 Å². The van der Waals surface area contributed by atoms with Crippen LogP contribution in [0.25, 0.3) is 0 Å². The van der Waals surface area contributed by atoms with Crippen LogP contribution in [0, 0.1) is 0 Å². The first kappa shape index (κ1) is 23.7. The molecule has 146 valence electrons. The molecule has 4 heteroatoms. The molecular formula is C21H38O4. The molecule has 0 N–H and O–H groups in total. The lowest BCUT2D eigenvalue weighted by molar-refractivity contribution is -0.146. The fourth-order valence-electron chi connectivity index (χ4n) is 2.52. The third kappa shape index (κ3) is 15.9. The molecule has 0 aliphatic rings. The van der Waals surface area contributed by atoms with E-state index in [-0.39, 0.29) is 12.0 Å². The van der Waals surface area contributed by atoms with Crippen molar-refractivity contribution in [3.8, 4) is 0 Å². The van der Waals surface area contributed by atoms with Crippen LogP contribution in [0.5, 0.6) is 0 Å². The standard InChI is InChI=1S/C21H38O4/c1-4-6-8-10-12-14-16-24-20(22)18-19(3)21(23)25-17-15-13-11-9-7-5-2/h3-18H2,1-2H3. The highest BCUT2D eigenvalue weighted by atomic mass is 16.5. The van der Waals surface area contributed by atoms with Crippen molar-refractivity contribution in [2.75, 3.05) is 13.2 Å². The lowest BCUT2D eigenvalue weighted by atomic mass is 10.1. The summed E-state index contributed by atoms with van der Waals surface area (Å²) in [5, 5.41) is 0. The minimum atomic E-state index is -0.481. The fourth-order valence-corrected chi connectivity index (χ4v) is 2.52. The van der Waals surface area contributed by atoms with Crippen molar-refractivity contribution in [1.82, 2.24) is 0 Å². The van der Waals surface area contributed by atoms with Gasteiger partial charge in [0.1, 0.15) is 0 Å². The number of esters is 2. The average Bonchev–Trinajstić information content (AvgIpc) is 2.59. The molecule has 0 heterocycles. The van der Waals surface area contributed by atoms with E-state index >= 15 is 0 Å². The van der Waals surface area contributed by atoms with Crippen molar-refractivity contribution in [3.63, 3.8) is 0 Å². The predicted molar refractivity (Wildman–Crippen MR) is 102 cm³/mol. The molecule has 0 aromatic rings. The maximum absolute atomic E-state index is 11.8. The summed E-state index contributed by atoms with van der Waals surface area (Å²) >= 11 is 0. The van der Waals surface area contributed by atoms with Gasteiger partial charge in [0.15, 0.2) is 0 Å². The van der Waals surface area contributed by atoms with E-state index in [1.807, 2.05) is 0 Å². The van der Waals surface area contributed by atoms with Gasteiger partial charge in [-0.15, -0.1) is 0 Å². The smallest absolute Gasteiger partial charge is 0.333 e. The first-order chi connectivity index (χ1) is 12.1. The Morgan fingerprint density at radius 2 is 1.12 bits per heavy atom. The number of ether oxygens (including phenoxy) is 2. The van der Waals surface area contributed by atoms with Gasteiger partial charge >= 0.3 is 11.9 Å². The normalized spacial score (nSPS) is 10.5. The Bertz CT molecular complexity index is 363. The van der Waals surface area contributed by atoms with E-state index in [9.17, 15) is 9.59 Å². The quantitative estimate of drug-likeness (QED) is 0.190. The summed E-state index contributed by atoms with van der Waals surface area (Å²) in [6, 6.07) is 0. The molecule has 0 fully saturated rings. The van der Waals surface area contributed by atoms with Crippen LogP contribution in [-0.2, 0) is 19.1 Å². The fraction of sp³-hybridized carbons (Fsp3) is 0.810. The first-order valence-corrected chi connectivity index (χ1v) is 10.1. The van der Waals surface area contributed by atoms with Crippen molar-refractivity contribution >= 4 is 11.9 Å². The summed E-state index contributed by atoms with van der Waals surface area (Å²) in [4.78, 5) is 23.4. The van der Waals surface area contributed by atoms with Crippen LogP contribution in [0.4, 0.5) is 0 Å². The van der Waals surface area contributed by atoms with Crippen molar-refractivity contribution in [2.45, 2.75) is 97.3 Å². The van der Waals surface area contributed by atoms with Crippen LogP contribution in [0.1, 0.15) is 97.3 Å². The lowest BCUT2D eigenvalue weighted by Crippen LogP contribution is -2.14. The van der Waals surface area contributed by atoms with Crippen LogP contribution < -0.4 is 0 Å². The second-order valence-electron chi connectivity index (χ2n) is 6.67. The largest absolute Gasteiger partial charge is 0.465 e. The Balaban J connectivity index is 3.57. The summed E-state index contributed by atoms with van der Waals surface area (Å²) < 4.78 is 10.3. The minimum absolute atomic E-state index is 0.0782. The number of unbranched alkanes of at least 4 members (excludes halogenated alkanes) is 10. The van der Waals surface area contributed by atoms with Gasteiger partial charge < -0.3 is 9.47 Å². The number of hydrogen-bond donors (Lipinski definition) is 0. The van der Waals surface area contributed by atoms with Gasteiger partial charge in [0.2, 0.25) is 0 Å². The van der Waals surface area contributed by atoms with Crippen LogP contribution in [-0.4, -0.2) is 25.2 Å². The van der Waals surface area contributed by atoms with Crippen molar-refractivity contribution in [2.24, 2.45) is 0 Å². The predicted octanol–water partition coefficient (Wildman–Crippen LogP) is 5.74. The average molecular weight is 355 g/mol. The monoisotopic (exact) mass is 354 g/mol. The van der Waals surface area contributed by atoms with E-state index < -0.39 is 11.9 Å². The zero-order valence-electron chi connectivity index (χ0n) is 16.4. The highest BCUT2D eigenvalue weighted by Gasteiger charge is 2.14. The molecule has 25 heavy (non-hydrogen) atoms. The molecule has 4 nitrogen and oxygen atoms in total. The van der Waals surface area contributed by atoms with E-state index in [2.05, 4.69) is 20.4 Å². The summed E-state index contributed by atoms with van der Waals surface area (Å²) in [5.74, 6) is -0.875. The number of rotatable bonds is 17. The van der Waals surface area contributed by atoms with E-state index in [1.54, 1.807) is 0 Å². The Morgan fingerprint density at radius 3 is 1.64 bits per heavy atom. The summed E-state index contributed by atoms with van der Waals surface area (Å²) in [7, 11) is 0. The Hall–Kier alpha value is -1.32. The zero-order chi connectivity index (χ0) is 18.8. The highest BCUT2D eigenvalue weighted by molar-refractivity contribution is 5.93. The van der Waals surface area contributed by atoms with E-state index in [0.717, 1.165) is 25.7 Å². The molecule has 0 aromatic carbocycles. The molecule has 0 rings (SSSR count). The Kier molecular flexibility index (Phi) is 16.6. The molecule has 0 aromatic heterocycles. The third-order valence-corrected chi connectivity index (χ3v) is 4.14. The molecule has 0 unspecified atom stereocenters. The maximum atomic E-state index is 11.8. The summed E-state index contributed by atoms with van der Waals surface area (Å²) in [6.07, 6.45) is 13.6. The number of hydrogen-bond acceptors (Lipinski definition) is 4. The molecule has 0 amide bonds. The van der Waals surface area contributed by atoms with Gasteiger partial charge in [-0.25, -0.2) is 4.79 Å². The van der Waals surface area contributed by atoms with Gasteiger partial charge in [0.25, 0.3) is 0 Å². The lowest BCUT2D eigenvalue weighted by Gasteiger charge is -2.08. The maximum Gasteiger partial charge on any atom is 0.333 e. The van der Waals surface area contributed by atoms with Gasteiger partial charge in [-0.2, -0.15) is 0 Å². The van der Waals surface area contributed by atoms with Gasteiger partial charge in [-0.05, 0) is 12.8 Å². The molecule has 0 aliphatic carbocycles.